The van der Waals surface area contributed by atoms with Crippen LogP contribution in [0.4, 0.5) is 5.69 Å². The van der Waals surface area contributed by atoms with Crippen LogP contribution in [0.3, 0.4) is 0 Å². The SMILES string of the molecule is O=S(=O)(c1ccccc1)N1CCc2cc(C3CCN(C4CCC4)CC3)ccc21. The Bertz CT molecular complexity index is 946. The van der Waals surface area contributed by atoms with Crippen molar-refractivity contribution >= 4 is 15.7 Å². The van der Waals surface area contributed by atoms with Crippen LogP contribution in [0.2, 0.25) is 0 Å². The van der Waals surface area contributed by atoms with Crippen molar-refractivity contribution in [3.05, 3.63) is 59.7 Å². The summed E-state index contributed by atoms with van der Waals surface area (Å²) >= 11 is 0. The van der Waals surface area contributed by atoms with Crippen LogP contribution >= 0.6 is 0 Å². The third-order valence-corrected chi connectivity index (χ3v) is 8.71. The number of nitrogens with zero attached hydrogens (tertiary/aromatic N) is 2. The van der Waals surface area contributed by atoms with Crippen LogP contribution < -0.4 is 4.31 Å². The lowest BCUT2D eigenvalue weighted by molar-refractivity contribution is 0.0975. The Morgan fingerprint density at radius 2 is 1.61 bits per heavy atom. The van der Waals surface area contributed by atoms with Gasteiger partial charge >= 0.3 is 0 Å². The molecule has 1 saturated heterocycles. The van der Waals surface area contributed by atoms with E-state index in [2.05, 4.69) is 17.0 Å². The van der Waals surface area contributed by atoms with Gasteiger partial charge in [-0.3, -0.25) is 4.31 Å². The summed E-state index contributed by atoms with van der Waals surface area (Å²) in [5.74, 6) is 0.612. The zero-order valence-corrected chi connectivity index (χ0v) is 17.1. The second-order valence-corrected chi connectivity index (χ2v) is 10.3. The molecule has 5 rings (SSSR count). The first-order valence-corrected chi connectivity index (χ1v) is 12.0. The second kappa shape index (κ2) is 7.20. The Kier molecular flexibility index (Phi) is 4.68. The molecule has 0 bridgehead atoms. The van der Waals surface area contributed by atoms with Gasteiger partial charge < -0.3 is 4.90 Å². The van der Waals surface area contributed by atoms with Gasteiger partial charge in [-0.05, 0) is 80.4 Å². The van der Waals surface area contributed by atoms with Gasteiger partial charge in [-0.25, -0.2) is 8.42 Å². The van der Waals surface area contributed by atoms with E-state index < -0.39 is 10.0 Å². The smallest absolute Gasteiger partial charge is 0.264 e. The Morgan fingerprint density at radius 1 is 0.857 bits per heavy atom. The number of hydrogen-bond donors (Lipinski definition) is 0. The van der Waals surface area contributed by atoms with E-state index in [-0.39, 0.29) is 0 Å². The number of likely N-dealkylation sites (tertiary alicyclic amines) is 1. The first kappa shape index (κ1) is 18.2. The Morgan fingerprint density at radius 3 is 2.29 bits per heavy atom. The van der Waals surface area contributed by atoms with Gasteiger partial charge in [0.15, 0.2) is 0 Å². The molecule has 4 nitrogen and oxygen atoms in total. The summed E-state index contributed by atoms with van der Waals surface area (Å²) in [5, 5.41) is 0. The molecule has 0 unspecified atom stereocenters. The van der Waals surface area contributed by atoms with Crippen LogP contribution in [-0.4, -0.2) is 39.0 Å². The lowest BCUT2D eigenvalue weighted by Crippen LogP contribution is -2.44. The lowest BCUT2D eigenvalue weighted by atomic mass is 9.85. The van der Waals surface area contributed by atoms with Crippen LogP contribution in [0, 0.1) is 0 Å². The highest BCUT2D eigenvalue weighted by atomic mass is 32.2. The first-order valence-electron chi connectivity index (χ1n) is 10.6. The molecule has 0 radical (unpaired) electrons. The van der Waals surface area contributed by atoms with Crippen molar-refractivity contribution in [3.8, 4) is 0 Å². The number of anilines is 1. The maximum atomic E-state index is 13.0. The number of benzene rings is 2. The molecule has 0 aromatic heterocycles. The molecule has 2 aliphatic heterocycles. The van der Waals surface area contributed by atoms with E-state index in [1.54, 1.807) is 28.6 Å². The summed E-state index contributed by atoms with van der Waals surface area (Å²) in [5.41, 5.74) is 3.43. The van der Waals surface area contributed by atoms with Crippen molar-refractivity contribution in [2.45, 2.75) is 55.4 Å². The molecule has 0 N–H and O–H groups in total. The first-order chi connectivity index (χ1) is 13.6. The summed E-state index contributed by atoms with van der Waals surface area (Å²) in [6.07, 6.45) is 7.42. The van der Waals surface area contributed by atoms with Crippen LogP contribution in [-0.2, 0) is 16.4 Å². The second-order valence-electron chi connectivity index (χ2n) is 8.42. The number of fused-ring (bicyclic) bond motifs is 1. The largest absolute Gasteiger partial charge is 0.300 e. The maximum Gasteiger partial charge on any atom is 0.264 e. The van der Waals surface area contributed by atoms with Crippen LogP contribution in [0.5, 0.6) is 0 Å². The van der Waals surface area contributed by atoms with Crippen molar-refractivity contribution in [3.63, 3.8) is 0 Å². The third kappa shape index (κ3) is 3.15. The summed E-state index contributed by atoms with van der Waals surface area (Å²) in [7, 11) is -3.48. The highest BCUT2D eigenvalue weighted by Gasteiger charge is 2.32. The van der Waals surface area contributed by atoms with Gasteiger partial charge in [-0.2, -0.15) is 0 Å². The van der Waals surface area contributed by atoms with Crippen LogP contribution in [0.15, 0.2) is 53.4 Å². The molecule has 1 saturated carbocycles. The van der Waals surface area contributed by atoms with Gasteiger partial charge in [0, 0.05) is 12.6 Å². The molecular weight excluding hydrogens is 368 g/mol. The predicted molar refractivity (Wildman–Crippen MR) is 112 cm³/mol. The zero-order valence-electron chi connectivity index (χ0n) is 16.3. The summed E-state index contributed by atoms with van der Waals surface area (Å²) in [6, 6.07) is 16.1. The normalized spacial score (nSPS) is 21.5. The van der Waals surface area contributed by atoms with Gasteiger partial charge in [0.25, 0.3) is 10.0 Å². The van der Waals surface area contributed by atoms with E-state index in [1.165, 1.54) is 56.3 Å². The number of hydrogen-bond acceptors (Lipinski definition) is 3. The molecule has 2 aromatic rings. The molecule has 28 heavy (non-hydrogen) atoms. The molecule has 3 aliphatic rings. The molecule has 1 aliphatic carbocycles. The van der Waals surface area contributed by atoms with E-state index in [1.807, 2.05) is 12.1 Å². The molecule has 0 spiro atoms. The molecule has 0 atom stereocenters. The Balaban J connectivity index is 1.33. The van der Waals surface area contributed by atoms with Gasteiger partial charge in [-0.15, -0.1) is 0 Å². The Labute approximate surface area is 168 Å². The summed E-state index contributed by atoms with van der Waals surface area (Å²) < 4.78 is 27.7. The summed E-state index contributed by atoms with van der Waals surface area (Å²) in [6.45, 7) is 2.96. The zero-order chi connectivity index (χ0) is 19.1. The van der Waals surface area contributed by atoms with E-state index >= 15 is 0 Å². The van der Waals surface area contributed by atoms with E-state index in [4.69, 9.17) is 0 Å². The molecule has 2 aromatic carbocycles. The number of rotatable bonds is 4. The van der Waals surface area contributed by atoms with Crippen molar-refractivity contribution in [1.82, 2.24) is 4.90 Å². The van der Waals surface area contributed by atoms with Crippen molar-refractivity contribution in [2.24, 2.45) is 0 Å². The van der Waals surface area contributed by atoms with Crippen LogP contribution in [0.25, 0.3) is 0 Å². The maximum absolute atomic E-state index is 13.0. The molecule has 2 fully saturated rings. The van der Waals surface area contributed by atoms with E-state index in [9.17, 15) is 8.42 Å². The standard InChI is InChI=1S/C23H28N2O2S/c26-28(27,22-7-2-1-3-8-22)25-16-13-20-17-19(9-10-23(20)25)18-11-14-24(15-12-18)21-5-4-6-21/h1-3,7-10,17-18,21H,4-6,11-16H2. The van der Waals surface area contributed by atoms with Gasteiger partial charge in [0.2, 0.25) is 0 Å². The third-order valence-electron chi connectivity index (χ3n) is 6.88. The fourth-order valence-electron chi connectivity index (χ4n) is 4.96. The quantitative estimate of drug-likeness (QED) is 0.779. The highest BCUT2D eigenvalue weighted by molar-refractivity contribution is 7.92. The molecule has 5 heteroatoms. The lowest BCUT2D eigenvalue weighted by Gasteiger charge is -2.42. The number of sulfonamides is 1. The summed E-state index contributed by atoms with van der Waals surface area (Å²) in [4.78, 5) is 3.05. The van der Waals surface area contributed by atoms with Crippen molar-refractivity contribution in [2.75, 3.05) is 23.9 Å². The topological polar surface area (TPSA) is 40.6 Å². The van der Waals surface area contributed by atoms with E-state index in [0.29, 0.717) is 17.4 Å². The van der Waals surface area contributed by atoms with Gasteiger partial charge in [-0.1, -0.05) is 36.8 Å². The number of piperidine rings is 1. The average Bonchev–Trinajstić information content (AvgIpc) is 3.12. The van der Waals surface area contributed by atoms with Gasteiger partial charge in [0.1, 0.15) is 0 Å². The minimum Gasteiger partial charge on any atom is -0.300 e. The molecule has 148 valence electrons. The fourth-order valence-corrected chi connectivity index (χ4v) is 6.49. The minimum absolute atomic E-state index is 0.371. The fraction of sp³-hybridized carbons (Fsp3) is 0.478. The predicted octanol–water partition coefficient (Wildman–Crippen LogP) is 4.17. The van der Waals surface area contributed by atoms with Crippen molar-refractivity contribution in [1.29, 1.82) is 0 Å². The molecule has 2 heterocycles. The van der Waals surface area contributed by atoms with Crippen LogP contribution in [0.1, 0.15) is 49.1 Å². The highest BCUT2D eigenvalue weighted by Crippen LogP contribution is 2.38. The van der Waals surface area contributed by atoms with E-state index in [0.717, 1.165) is 18.2 Å². The average molecular weight is 397 g/mol. The van der Waals surface area contributed by atoms with Gasteiger partial charge in [0.05, 0.1) is 10.6 Å². The minimum atomic E-state index is -3.48. The Hall–Kier alpha value is -1.85. The molecule has 0 amide bonds. The monoisotopic (exact) mass is 396 g/mol. The van der Waals surface area contributed by atoms with Crippen molar-refractivity contribution < 1.29 is 8.42 Å². The molecular formula is C23H28N2O2S.